The van der Waals surface area contributed by atoms with Crippen molar-refractivity contribution >= 4 is 34.8 Å². The van der Waals surface area contributed by atoms with Gasteiger partial charge >= 0.3 is 5.69 Å². The van der Waals surface area contributed by atoms with Crippen LogP contribution in [0.3, 0.4) is 0 Å². The molecule has 1 amide bonds. The number of carbonyl (C=O) groups excluding carboxylic acids is 1. The van der Waals surface area contributed by atoms with Crippen LogP contribution in [0.1, 0.15) is 10.4 Å². The average Bonchev–Trinajstić information content (AvgIpc) is 2.72. The zero-order valence-corrected chi connectivity index (χ0v) is 16.2. The van der Waals surface area contributed by atoms with Crippen molar-refractivity contribution in [3.8, 4) is 0 Å². The Hall–Kier alpha value is -3.02. The predicted octanol–water partition coefficient (Wildman–Crippen LogP) is 0.909. The van der Waals surface area contributed by atoms with Crippen molar-refractivity contribution < 1.29 is 14.8 Å². The van der Waals surface area contributed by atoms with Crippen LogP contribution in [-0.2, 0) is 0 Å². The van der Waals surface area contributed by atoms with E-state index in [1.165, 1.54) is 12.4 Å². The summed E-state index contributed by atoms with van der Waals surface area (Å²) in [4.78, 5) is 35.3. The summed E-state index contributed by atoms with van der Waals surface area (Å²) < 4.78 is 0. The van der Waals surface area contributed by atoms with E-state index in [0.29, 0.717) is 32.7 Å². The number of nitrogens with zero attached hydrogens (tertiary/aromatic N) is 5. The van der Waals surface area contributed by atoms with Crippen LogP contribution in [0.2, 0.25) is 5.02 Å². The van der Waals surface area contributed by atoms with Gasteiger partial charge in [-0.15, -0.1) is 0 Å². The molecule has 0 unspecified atom stereocenters. The molecular weight excluding hydrogens is 402 g/mol. The van der Waals surface area contributed by atoms with Crippen LogP contribution >= 0.6 is 11.6 Å². The lowest BCUT2D eigenvalue weighted by Gasteiger charge is -2.34. The minimum Gasteiger partial charge on any atom is -0.395 e. The van der Waals surface area contributed by atoms with Crippen LogP contribution < -0.4 is 15.8 Å². The van der Waals surface area contributed by atoms with Crippen LogP contribution in [0.25, 0.3) is 0 Å². The first-order chi connectivity index (χ1) is 14.0. The Bertz CT molecular complexity index is 890. The highest BCUT2D eigenvalue weighted by molar-refractivity contribution is 6.33. The summed E-state index contributed by atoms with van der Waals surface area (Å²) in [6.45, 7) is 2.95. The highest BCUT2D eigenvalue weighted by atomic mass is 35.5. The summed E-state index contributed by atoms with van der Waals surface area (Å²) in [6, 6.07) is 6.44. The van der Waals surface area contributed by atoms with Gasteiger partial charge in [-0.25, -0.2) is 9.97 Å². The van der Waals surface area contributed by atoms with Gasteiger partial charge in [-0.05, 0) is 12.1 Å². The molecule has 0 saturated carbocycles. The van der Waals surface area contributed by atoms with E-state index >= 15 is 0 Å². The van der Waals surface area contributed by atoms with Gasteiger partial charge in [0.05, 0.1) is 22.1 Å². The second-order valence-corrected chi connectivity index (χ2v) is 6.67. The van der Waals surface area contributed by atoms with Crippen LogP contribution in [-0.4, -0.2) is 70.1 Å². The molecule has 0 aliphatic carbocycles. The summed E-state index contributed by atoms with van der Waals surface area (Å²) in [5.41, 5.74) is 4.78. The second kappa shape index (κ2) is 9.45. The Kier molecular flexibility index (Phi) is 6.75. The molecule has 0 radical (unpaired) electrons. The minimum absolute atomic E-state index is 0.0624. The van der Waals surface area contributed by atoms with Gasteiger partial charge in [0.15, 0.2) is 0 Å². The molecule has 11 nitrogen and oxygen atoms in total. The normalized spacial score (nSPS) is 14.5. The van der Waals surface area contributed by atoms with Crippen molar-refractivity contribution in [2.24, 2.45) is 0 Å². The Morgan fingerprint density at radius 3 is 2.62 bits per heavy atom. The van der Waals surface area contributed by atoms with Gasteiger partial charge in [0.2, 0.25) is 11.6 Å². The molecule has 3 rings (SSSR count). The molecule has 0 atom stereocenters. The van der Waals surface area contributed by atoms with Crippen molar-refractivity contribution in [3.63, 3.8) is 0 Å². The summed E-state index contributed by atoms with van der Waals surface area (Å²) in [6.07, 6.45) is 1.20. The van der Waals surface area contributed by atoms with Gasteiger partial charge in [-0.3, -0.25) is 30.7 Å². The lowest BCUT2D eigenvalue weighted by molar-refractivity contribution is -0.383. The number of β-amino-alcohol motifs (C(OH)–C–C–N with tert-alkyl or cyclic N) is 1. The van der Waals surface area contributed by atoms with Gasteiger partial charge < -0.3 is 10.0 Å². The molecule has 154 valence electrons. The highest BCUT2D eigenvalue weighted by Gasteiger charge is 2.29. The molecule has 2 aromatic rings. The smallest absolute Gasteiger partial charge is 0.355 e. The number of aromatic nitrogens is 2. The quantitative estimate of drug-likeness (QED) is 0.440. The first kappa shape index (κ1) is 20.7. The number of aliphatic hydroxyl groups excluding tert-OH is 1. The van der Waals surface area contributed by atoms with Crippen molar-refractivity contribution in [1.29, 1.82) is 0 Å². The molecule has 1 saturated heterocycles. The Morgan fingerprint density at radius 2 is 1.97 bits per heavy atom. The second-order valence-electron chi connectivity index (χ2n) is 6.26. The Morgan fingerprint density at radius 1 is 1.24 bits per heavy atom. The van der Waals surface area contributed by atoms with Gasteiger partial charge in [-0.1, -0.05) is 23.7 Å². The molecule has 29 heavy (non-hydrogen) atoms. The number of benzene rings is 1. The summed E-state index contributed by atoms with van der Waals surface area (Å²) in [5, 5.41) is 21.0. The van der Waals surface area contributed by atoms with Gasteiger partial charge in [0, 0.05) is 32.7 Å². The third kappa shape index (κ3) is 4.88. The van der Waals surface area contributed by atoms with E-state index in [1.807, 2.05) is 0 Å². The standard InChI is InChI=1S/C17H20ClN7O4/c18-13-4-2-1-3-12(13)17(27)22-21-15-14(25(28)29)16(20-11-19-15)24-7-5-23(6-8-24)9-10-26/h1-4,11,26H,5-10H2,(H,22,27)(H,19,20,21). The predicted molar refractivity (Wildman–Crippen MR) is 107 cm³/mol. The molecule has 0 spiro atoms. The molecule has 3 N–H and O–H groups in total. The number of anilines is 2. The van der Waals surface area contributed by atoms with Gasteiger partial charge in [0.25, 0.3) is 5.91 Å². The van der Waals surface area contributed by atoms with Crippen molar-refractivity contribution in [1.82, 2.24) is 20.3 Å². The fraction of sp³-hybridized carbons (Fsp3) is 0.353. The number of hydrazine groups is 1. The first-order valence-electron chi connectivity index (χ1n) is 8.89. The highest BCUT2D eigenvalue weighted by Crippen LogP contribution is 2.32. The third-order valence-electron chi connectivity index (χ3n) is 4.49. The zero-order chi connectivity index (χ0) is 20.8. The van der Waals surface area contributed by atoms with Crippen molar-refractivity contribution in [3.05, 3.63) is 51.3 Å². The van der Waals surface area contributed by atoms with Crippen LogP contribution in [0.5, 0.6) is 0 Å². The first-order valence-corrected chi connectivity index (χ1v) is 9.27. The molecule has 0 bridgehead atoms. The molecule has 12 heteroatoms. The molecule has 1 aliphatic heterocycles. The topological polar surface area (TPSA) is 137 Å². The third-order valence-corrected chi connectivity index (χ3v) is 4.82. The number of piperazine rings is 1. The van der Waals surface area contributed by atoms with Crippen molar-refractivity contribution in [2.45, 2.75) is 0 Å². The summed E-state index contributed by atoms with van der Waals surface area (Å²) >= 11 is 5.99. The number of nitrogens with one attached hydrogen (secondary N) is 2. The number of rotatable bonds is 7. The number of aliphatic hydroxyl groups is 1. The molecule has 1 aromatic carbocycles. The van der Waals surface area contributed by atoms with Crippen LogP contribution in [0.4, 0.5) is 17.3 Å². The minimum atomic E-state index is -0.584. The van der Waals surface area contributed by atoms with Gasteiger partial charge in [0.1, 0.15) is 6.33 Å². The SMILES string of the molecule is O=C(NNc1ncnc(N2CCN(CCO)CC2)c1[N+](=O)[O-])c1ccccc1Cl. The fourth-order valence-electron chi connectivity index (χ4n) is 3.01. The van der Waals surface area contributed by atoms with Gasteiger partial charge in [-0.2, -0.15) is 0 Å². The van der Waals surface area contributed by atoms with Crippen molar-refractivity contribution in [2.75, 3.05) is 49.7 Å². The zero-order valence-electron chi connectivity index (χ0n) is 15.4. The lowest BCUT2D eigenvalue weighted by Crippen LogP contribution is -2.47. The maximum Gasteiger partial charge on any atom is 0.355 e. The number of hydrogen-bond acceptors (Lipinski definition) is 9. The number of amides is 1. The summed E-state index contributed by atoms with van der Waals surface area (Å²) in [5.74, 6) is -0.510. The number of carbonyl (C=O) groups is 1. The fourth-order valence-corrected chi connectivity index (χ4v) is 3.24. The van der Waals surface area contributed by atoms with E-state index in [4.69, 9.17) is 16.7 Å². The monoisotopic (exact) mass is 421 g/mol. The lowest BCUT2D eigenvalue weighted by atomic mass is 10.2. The largest absolute Gasteiger partial charge is 0.395 e. The van der Waals surface area contributed by atoms with E-state index in [-0.39, 0.29) is 34.5 Å². The number of nitro groups is 1. The number of halogens is 1. The van der Waals surface area contributed by atoms with Crippen LogP contribution in [0, 0.1) is 10.1 Å². The Balaban J connectivity index is 1.76. The molecule has 1 fully saturated rings. The maximum atomic E-state index is 12.3. The Labute approximate surface area is 171 Å². The molecule has 2 heterocycles. The summed E-state index contributed by atoms with van der Waals surface area (Å²) in [7, 11) is 0. The van der Waals surface area contributed by atoms with E-state index in [2.05, 4.69) is 25.7 Å². The molecule has 1 aliphatic rings. The average molecular weight is 422 g/mol. The van der Waals surface area contributed by atoms with E-state index in [1.54, 1.807) is 23.1 Å². The van der Waals surface area contributed by atoms with E-state index < -0.39 is 10.8 Å². The number of hydrogen-bond donors (Lipinski definition) is 3. The molecule has 1 aromatic heterocycles. The van der Waals surface area contributed by atoms with E-state index in [9.17, 15) is 14.9 Å². The maximum absolute atomic E-state index is 12.3. The van der Waals surface area contributed by atoms with Crippen LogP contribution in [0.15, 0.2) is 30.6 Å². The molecular formula is C17H20ClN7O4. The van der Waals surface area contributed by atoms with E-state index in [0.717, 1.165) is 0 Å².